The number of piperidine rings is 1. The Kier molecular flexibility index (Phi) is 3.05. The number of hydrogen-bond acceptors (Lipinski definition) is 5. The van der Waals surface area contributed by atoms with Crippen molar-refractivity contribution in [3.05, 3.63) is 34.3 Å². The van der Waals surface area contributed by atoms with Crippen molar-refractivity contribution in [2.24, 2.45) is 0 Å². The number of H-pyrrole nitrogens is 1. The largest absolute Gasteiger partial charge is 0.417 e. The molecule has 0 aliphatic carbocycles. The number of amides is 1. The fourth-order valence-corrected chi connectivity index (χ4v) is 3.10. The van der Waals surface area contributed by atoms with Crippen LogP contribution in [0.4, 0.5) is 0 Å². The number of aromatic nitrogens is 1. The molecule has 22 heavy (non-hydrogen) atoms. The van der Waals surface area contributed by atoms with E-state index in [1.54, 1.807) is 23.1 Å². The summed E-state index contributed by atoms with van der Waals surface area (Å²) in [7, 11) is 0. The topological polar surface area (TPSA) is 84.8 Å². The van der Waals surface area contributed by atoms with Crippen molar-refractivity contribution in [2.75, 3.05) is 26.3 Å². The number of nitrogens with one attached hydrogen (secondary N) is 1. The van der Waals surface area contributed by atoms with Gasteiger partial charge in [-0.15, -0.1) is 0 Å². The minimum atomic E-state index is -0.518. The molecule has 0 unspecified atom stereocenters. The van der Waals surface area contributed by atoms with Crippen LogP contribution in [0.15, 0.2) is 27.4 Å². The lowest BCUT2D eigenvalue weighted by atomic mass is 10.0. The molecule has 0 atom stereocenters. The summed E-state index contributed by atoms with van der Waals surface area (Å²) >= 11 is 0. The highest BCUT2D eigenvalue weighted by Crippen LogP contribution is 2.31. The molecule has 1 aromatic carbocycles. The molecule has 116 valence electrons. The lowest BCUT2D eigenvalue weighted by Crippen LogP contribution is -2.47. The number of oxazole rings is 1. The Morgan fingerprint density at radius 3 is 2.64 bits per heavy atom. The molecule has 2 aromatic rings. The van der Waals surface area contributed by atoms with Crippen LogP contribution < -0.4 is 5.76 Å². The first kappa shape index (κ1) is 13.5. The molecule has 1 amide bonds. The second kappa shape index (κ2) is 4.96. The molecular weight excluding hydrogens is 288 g/mol. The number of carbonyl (C=O) groups is 1. The Bertz CT molecular complexity index is 762. The minimum Gasteiger partial charge on any atom is -0.408 e. The SMILES string of the molecule is O=C(c1ccc2[nH]c(=O)oc2c1)N1CCC2(CC1)OCCO2. The van der Waals surface area contributed by atoms with E-state index in [0.717, 1.165) is 0 Å². The maximum Gasteiger partial charge on any atom is 0.417 e. The summed E-state index contributed by atoms with van der Waals surface area (Å²) in [5.41, 5.74) is 1.50. The molecule has 2 saturated heterocycles. The van der Waals surface area contributed by atoms with Gasteiger partial charge >= 0.3 is 5.76 Å². The number of carbonyl (C=O) groups excluding carboxylic acids is 1. The molecule has 4 rings (SSSR count). The Morgan fingerprint density at radius 1 is 1.18 bits per heavy atom. The van der Waals surface area contributed by atoms with Gasteiger partial charge < -0.3 is 18.8 Å². The zero-order chi connectivity index (χ0) is 15.2. The molecular formula is C15H16N2O5. The van der Waals surface area contributed by atoms with Gasteiger partial charge in [0.1, 0.15) is 0 Å². The monoisotopic (exact) mass is 304 g/mol. The Hall–Kier alpha value is -2.12. The highest BCUT2D eigenvalue weighted by atomic mass is 16.7. The van der Waals surface area contributed by atoms with Gasteiger partial charge in [0.05, 0.1) is 18.7 Å². The molecule has 2 aliphatic heterocycles. The summed E-state index contributed by atoms with van der Waals surface area (Å²) in [5.74, 6) is -1.08. The van der Waals surface area contributed by atoms with E-state index in [1.807, 2.05) is 0 Å². The molecule has 1 aromatic heterocycles. The summed E-state index contributed by atoms with van der Waals surface area (Å²) in [6.45, 7) is 2.43. The van der Waals surface area contributed by atoms with Crippen molar-refractivity contribution in [3.63, 3.8) is 0 Å². The first-order valence-corrected chi connectivity index (χ1v) is 7.35. The van der Waals surface area contributed by atoms with E-state index in [-0.39, 0.29) is 5.91 Å². The Balaban J connectivity index is 1.52. The van der Waals surface area contributed by atoms with E-state index in [9.17, 15) is 9.59 Å². The molecule has 0 radical (unpaired) electrons. The number of rotatable bonds is 1. The predicted molar refractivity (Wildman–Crippen MR) is 76.6 cm³/mol. The average Bonchev–Trinajstić information content (AvgIpc) is 3.12. The van der Waals surface area contributed by atoms with Crippen LogP contribution in [0.1, 0.15) is 23.2 Å². The minimum absolute atomic E-state index is 0.0707. The van der Waals surface area contributed by atoms with E-state index < -0.39 is 11.5 Å². The Labute approximate surface area is 125 Å². The van der Waals surface area contributed by atoms with E-state index >= 15 is 0 Å². The molecule has 0 bridgehead atoms. The molecule has 7 heteroatoms. The quantitative estimate of drug-likeness (QED) is 0.853. The molecule has 2 fully saturated rings. The van der Waals surface area contributed by atoms with Gasteiger partial charge in [0.25, 0.3) is 5.91 Å². The maximum atomic E-state index is 12.6. The van der Waals surface area contributed by atoms with Crippen molar-refractivity contribution in [1.29, 1.82) is 0 Å². The number of benzene rings is 1. The third-order valence-electron chi connectivity index (χ3n) is 4.29. The summed E-state index contributed by atoms with van der Waals surface area (Å²) < 4.78 is 16.3. The molecule has 3 heterocycles. The zero-order valence-corrected chi connectivity index (χ0v) is 12.0. The van der Waals surface area contributed by atoms with Crippen LogP contribution in [0, 0.1) is 0 Å². The third kappa shape index (κ3) is 2.22. The van der Waals surface area contributed by atoms with Crippen LogP contribution in [-0.4, -0.2) is 47.9 Å². The van der Waals surface area contributed by atoms with Crippen LogP contribution in [0.3, 0.4) is 0 Å². The highest BCUT2D eigenvalue weighted by molar-refractivity contribution is 5.97. The molecule has 1 N–H and O–H groups in total. The van der Waals surface area contributed by atoms with Gasteiger partial charge in [0.2, 0.25) is 0 Å². The summed E-state index contributed by atoms with van der Waals surface area (Å²) in [5, 5.41) is 0. The van der Waals surface area contributed by atoms with Crippen LogP contribution in [0.25, 0.3) is 11.1 Å². The van der Waals surface area contributed by atoms with Crippen molar-refractivity contribution in [3.8, 4) is 0 Å². The second-order valence-electron chi connectivity index (χ2n) is 5.63. The number of hydrogen-bond donors (Lipinski definition) is 1. The summed E-state index contributed by atoms with van der Waals surface area (Å²) in [6.07, 6.45) is 1.36. The fraction of sp³-hybridized carbons (Fsp3) is 0.467. The maximum absolute atomic E-state index is 12.6. The molecule has 7 nitrogen and oxygen atoms in total. The van der Waals surface area contributed by atoms with E-state index in [0.29, 0.717) is 55.8 Å². The summed E-state index contributed by atoms with van der Waals surface area (Å²) in [6, 6.07) is 4.98. The van der Waals surface area contributed by atoms with Gasteiger partial charge in [-0.1, -0.05) is 0 Å². The van der Waals surface area contributed by atoms with Crippen LogP contribution in [0.2, 0.25) is 0 Å². The van der Waals surface area contributed by atoms with Gasteiger partial charge in [0, 0.05) is 31.5 Å². The predicted octanol–water partition coefficient (Wildman–Crippen LogP) is 1.10. The Morgan fingerprint density at radius 2 is 1.91 bits per heavy atom. The standard InChI is InChI=1S/C15H16N2O5/c18-13(10-1-2-11-12(9-10)22-14(19)16-11)17-5-3-15(4-6-17)20-7-8-21-15/h1-2,9H,3-8H2,(H,16,19). The van der Waals surface area contributed by atoms with Crippen LogP contribution in [-0.2, 0) is 9.47 Å². The zero-order valence-electron chi connectivity index (χ0n) is 12.0. The van der Waals surface area contributed by atoms with Crippen molar-refractivity contribution in [1.82, 2.24) is 9.88 Å². The number of likely N-dealkylation sites (tertiary alicyclic amines) is 1. The van der Waals surface area contributed by atoms with Crippen LogP contribution in [0.5, 0.6) is 0 Å². The van der Waals surface area contributed by atoms with Gasteiger partial charge in [0.15, 0.2) is 11.4 Å². The number of fused-ring (bicyclic) bond motifs is 1. The van der Waals surface area contributed by atoms with Gasteiger partial charge in [-0.2, -0.15) is 0 Å². The number of ether oxygens (including phenoxy) is 2. The fourth-order valence-electron chi connectivity index (χ4n) is 3.10. The second-order valence-corrected chi connectivity index (χ2v) is 5.63. The first-order chi connectivity index (χ1) is 10.7. The smallest absolute Gasteiger partial charge is 0.408 e. The van der Waals surface area contributed by atoms with Crippen molar-refractivity contribution in [2.45, 2.75) is 18.6 Å². The lowest BCUT2D eigenvalue weighted by molar-refractivity contribution is -0.181. The van der Waals surface area contributed by atoms with Gasteiger partial charge in [-0.05, 0) is 18.2 Å². The molecule has 2 aliphatic rings. The highest BCUT2D eigenvalue weighted by Gasteiger charge is 2.40. The number of nitrogens with zero attached hydrogens (tertiary/aromatic N) is 1. The van der Waals surface area contributed by atoms with Crippen molar-refractivity contribution < 1.29 is 18.7 Å². The normalized spacial score (nSPS) is 20.8. The van der Waals surface area contributed by atoms with E-state index in [4.69, 9.17) is 13.9 Å². The van der Waals surface area contributed by atoms with Crippen LogP contribution >= 0.6 is 0 Å². The van der Waals surface area contributed by atoms with Crippen molar-refractivity contribution >= 4 is 17.0 Å². The average molecular weight is 304 g/mol. The van der Waals surface area contributed by atoms with Gasteiger partial charge in [-0.25, -0.2) is 4.79 Å². The first-order valence-electron chi connectivity index (χ1n) is 7.35. The molecule has 1 spiro atoms. The van der Waals surface area contributed by atoms with E-state index in [1.165, 1.54) is 0 Å². The molecule has 0 saturated carbocycles. The third-order valence-corrected chi connectivity index (χ3v) is 4.29. The lowest BCUT2D eigenvalue weighted by Gasteiger charge is -2.37. The van der Waals surface area contributed by atoms with Gasteiger partial charge in [-0.3, -0.25) is 9.78 Å². The van der Waals surface area contributed by atoms with E-state index in [2.05, 4.69) is 4.98 Å². The number of aromatic amines is 1. The summed E-state index contributed by atoms with van der Waals surface area (Å²) in [4.78, 5) is 28.1.